The standard InChI is InChI=1S/C20H21NO3/c1-12-3-8-17-16(11-12)19-15(9-10-24-19)18(21-17)13-4-6-14(7-5-13)20(22)23-2/h3-8,11,15,18-19,21H,9-10H2,1-2H3. The molecule has 2 aromatic carbocycles. The molecule has 1 saturated heterocycles. The van der Waals surface area contributed by atoms with Gasteiger partial charge in [0.25, 0.3) is 0 Å². The van der Waals surface area contributed by atoms with Gasteiger partial charge in [-0.15, -0.1) is 0 Å². The van der Waals surface area contributed by atoms with Crippen molar-refractivity contribution in [3.05, 3.63) is 64.7 Å². The van der Waals surface area contributed by atoms with Crippen LogP contribution in [0.1, 0.15) is 45.6 Å². The van der Waals surface area contributed by atoms with Crippen molar-refractivity contribution < 1.29 is 14.3 Å². The maximum Gasteiger partial charge on any atom is 0.337 e. The molecule has 0 radical (unpaired) electrons. The summed E-state index contributed by atoms with van der Waals surface area (Å²) in [5, 5.41) is 3.68. The number of fused-ring (bicyclic) bond motifs is 3. The molecule has 0 aromatic heterocycles. The normalized spacial score (nSPS) is 24.7. The smallest absolute Gasteiger partial charge is 0.337 e. The van der Waals surface area contributed by atoms with Crippen LogP contribution in [0.25, 0.3) is 0 Å². The first-order valence-corrected chi connectivity index (χ1v) is 8.34. The van der Waals surface area contributed by atoms with Gasteiger partial charge in [-0.25, -0.2) is 4.79 Å². The van der Waals surface area contributed by atoms with Crippen LogP contribution in [0.2, 0.25) is 0 Å². The van der Waals surface area contributed by atoms with Gasteiger partial charge in [-0.1, -0.05) is 29.8 Å². The van der Waals surface area contributed by atoms with Crippen molar-refractivity contribution in [2.45, 2.75) is 25.5 Å². The number of benzene rings is 2. The van der Waals surface area contributed by atoms with Crippen LogP contribution in [0.5, 0.6) is 0 Å². The molecule has 4 rings (SSSR count). The van der Waals surface area contributed by atoms with Crippen LogP contribution in [0.4, 0.5) is 5.69 Å². The Kier molecular flexibility index (Phi) is 3.77. The first kappa shape index (κ1) is 15.2. The number of esters is 1. The number of hydrogen-bond donors (Lipinski definition) is 1. The Morgan fingerprint density at radius 1 is 1.21 bits per heavy atom. The van der Waals surface area contributed by atoms with E-state index < -0.39 is 0 Å². The summed E-state index contributed by atoms with van der Waals surface area (Å²) in [7, 11) is 1.40. The van der Waals surface area contributed by atoms with Gasteiger partial charge < -0.3 is 14.8 Å². The molecule has 3 atom stereocenters. The van der Waals surface area contributed by atoms with E-state index in [0.717, 1.165) is 18.7 Å². The van der Waals surface area contributed by atoms with Crippen molar-refractivity contribution in [3.63, 3.8) is 0 Å². The fourth-order valence-electron chi connectivity index (χ4n) is 3.87. The second-order valence-corrected chi connectivity index (χ2v) is 6.57. The molecule has 2 aliphatic heterocycles. The molecule has 4 nitrogen and oxygen atoms in total. The lowest BCUT2D eigenvalue weighted by molar-refractivity contribution is 0.0600. The zero-order valence-corrected chi connectivity index (χ0v) is 13.9. The summed E-state index contributed by atoms with van der Waals surface area (Å²) in [6, 6.07) is 14.4. The third-order valence-corrected chi connectivity index (χ3v) is 5.08. The minimum Gasteiger partial charge on any atom is -0.465 e. The molecule has 2 heterocycles. The molecule has 2 aromatic rings. The Bertz CT molecular complexity index is 769. The highest BCUT2D eigenvalue weighted by atomic mass is 16.5. The fourth-order valence-corrected chi connectivity index (χ4v) is 3.87. The molecule has 124 valence electrons. The monoisotopic (exact) mass is 323 g/mol. The van der Waals surface area contributed by atoms with E-state index in [9.17, 15) is 4.79 Å². The fraction of sp³-hybridized carbons (Fsp3) is 0.350. The molecule has 0 spiro atoms. The van der Waals surface area contributed by atoms with Gasteiger partial charge in [-0.2, -0.15) is 0 Å². The molecule has 1 fully saturated rings. The number of methoxy groups -OCH3 is 1. The SMILES string of the molecule is COC(=O)c1ccc(C2Nc3ccc(C)cc3C3OCCC23)cc1. The van der Waals surface area contributed by atoms with Gasteiger partial charge >= 0.3 is 5.97 Å². The zero-order valence-electron chi connectivity index (χ0n) is 13.9. The second kappa shape index (κ2) is 5.95. The minimum absolute atomic E-state index is 0.145. The van der Waals surface area contributed by atoms with Crippen molar-refractivity contribution in [1.29, 1.82) is 0 Å². The Hall–Kier alpha value is -2.33. The van der Waals surface area contributed by atoms with E-state index >= 15 is 0 Å². The number of anilines is 1. The zero-order chi connectivity index (χ0) is 16.7. The molecule has 24 heavy (non-hydrogen) atoms. The number of carbonyl (C=O) groups is 1. The largest absolute Gasteiger partial charge is 0.465 e. The topological polar surface area (TPSA) is 47.6 Å². The molecule has 0 aliphatic carbocycles. The van der Waals surface area contributed by atoms with Gasteiger partial charge in [-0.3, -0.25) is 0 Å². The molecule has 0 amide bonds. The number of rotatable bonds is 2. The third kappa shape index (κ3) is 2.47. The van der Waals surface area contributed by atoms with Gasteiger partial charge in [0.05, 0.1) is 24.8 Å². The van der Waals surface area contributed by atoms with Crippen LogP contribution >= 0.6 is 0 Å². The minimum atomic E-state index is -0.305. The first-order chi connectivity index (χ1) is 11.7. The lowest BCUT2D eigenvalue weighted by Crippen LogP contribution is -2.29. The molecule has 4 heteroatoms. The average Bonchev–Trinajstić information content (AvgIpc) is 3.11. The van der Waals surface area contributed by atoms with Crippen LogP contribution in [0.3, 0.4) is 0 Å². The van der Waals surface area contributed by atoms with E-state index in [4.69, 9.17) is 9.47 Å². The van der Waals surface area contributed by atoms with Gasteiger partial charge in [0.2, 0.25) is 0 Å². The Labute approximate surface area is 141 Å². The summed E-state index contributed by atoms with van der Waals surface area (Å²) < 4.78 is 10.8. The highest BCUT2D eigenvalue weighted by molar-refractivity contribution is 5.89. The second-order valence-electron chi connectivity index (χ2n) is 6.57. The van der Waals surface area contributed by atoms with E-state index in [1.807, 2.05) is 24.3 Å². The van der Waals surface area contributed by atoms with E-state index in [-0.39, 0.29) is 18.1 Å². The van der Waals surface area contributed by atoms with Crippen LogP contribution in [0, 0.1) is 12.8 Å². The molecule has 0 bridgehead atoms. The Morgan fingerprint density at radius 2 is 2.00 bits per heavy atom. The van der Waals surface area contributed by atoms with Gasteiger partial charge in [0, 0.05) is 23.8 Å². The number of ether oxygens (including phenoxy) is 2. The summed E-state index contributed by atoms with van der Waals surface area (Å²) >= 11 is 0. The van der Waals surface area contributed by atoms with Crippen molar-refractivity contribution >= 4 is 11.7 Å². The van der Waals surface area contributed by atoms with Crippen molar-refractivity contribution in [2.24, 2.45) is 5.92 Å². The predicted molar refractivity (Wildman–Crippen MR) is 92.1 cm³/mol. The van der Waals surface area contributed by atoms with Crippen LogP contribution in [-0.2, 0) is 9.47 Å². The summed E-state index contributed by atoms with van der Waals surface area (Å²) in [5.41, 5.74) is 5.41. The Balaban J connectivity index is 1.68. The Morgan fingerprint density at radius 3 is 2.75 bits per heavy atom. The number of aryl methyl sites for hydroxylation is 1. The van der Waals surface area contributed by atoms with Crippen molar-refractivity contribution in [2.75, 3.05) is 19.0 Å². The molecular formula is C20H21NO3. The summed E-state index contributed by atoms with van der Waals surface area (Å²) in [6.07, 6.45) is 1.18. The quantitative estimate of drug-likeness (QED) is 0.848. The van der Waals surface area contributed by atoms with E-state index in [1.165, 1.54) is 23.8 Å². The number of nitrogens with one attached hydrogen (secondary N) is 1. The van der Waals surface area contributed by atoms with Crippen LogP contribution in [-0.4, -0.2) is 19.7 Å². The van der Waals surface area contributed by atoms with Crippen molar-refractivity contribution in [1.82, 2.24) is 0 Å². The highest BCUT2D eigenvalue weighted by Crippen LogP contribution is 2.49. The number of hydrogen-bond acceptors (Lipinski definition) is 4. The lowest BCUT2D eigenvalue weighted by atomic mass is 9.80. The van der Waals surface area contributed by atoms with Crippen LogP contribution < -0.4 is 5.32 Å². The molecule has 2 aliphatic rings. The molecule has 3 unspecified atom stereocenters. The summed E-state index contributed by atoms with van der Waals surface area (Å²) in [5.74, 6) is 0.101. The number of carbonyl (C=O) groups excluding carboxylic acids is 1. The van der Waals surface area contributed by atoms with Gasteiger partial charge in [-0.05, 0) is 37.1 Å². The molecule has 0 saturated carbocycles. The lowest BCUT2D eigenvalue weighted by Gasteiger charge is -2.36. The van der Waals surface area contributed by atoms with Crippen LogP contribution in [0.15, 0.2) is 42.5 Å². The first-order valence-electron chi connectivity index (χ1n) is 8.34. The predicted octanol–water partition coefficient (Wildman–Crippen LogP) is 4.03. The van der Waals surface area contributed by atoms with Gasteiger partial charge in [0.15, 0.2) is 0 Å². The molecular weight excluding hydrogens is 302 g/mol. The molecule has 1 N–H and O–H groups in total. The highest BCUT2D eigenvalue weighted by Gasteiger charge is 2.41. The summed E-state index contributed by atoms with van der Waals surface area (Å²) in [6.45, 7) is 2.91. The maximum atomic E-state index is 11.6. The van der Waals surface area contributed by atoms with E-state index in [1.54, 1.807) is 0 Å². The summed E-state index contributed by atoms with van der Waals surface area (Å²) in [4.78, 5) is 11.6. The van der Waals surface area contributed by atoms with E-state index in [2.05, 4.69) is 30.4 Å². The third-order valence-electron chi connectivity index (χ3n) is 5.08. The maximum absolute atomic E-state index is 11.6. The van der Waals surface area contributed by atoms with Gasteiger partial charge in [0.1, 0.15) is 0 Å². The van der Waals surface area contributed by atoms with E-state index in [0.29, 0.717) is 11.5 Å². The average molecular weight is 323 g/mol. The van der Waals surface area contributed by atoms with Crippen molar-refractivity contribution in [3.8, 4) is 0 Å².